The van der Waals surface area contributed by atoms with Crippen LogP contribution in [-0.2, 0) is 9.59 Å². The Morgan fingerprint density at radius 2 is 1.88 bits per heavy atom. The summed E-state index contributed by atoms with van der Waals surface area (Å²) in [6.45, 7) is 1.81. The van der Waals surface area contributed by atoms with E-state index in [1.54, 1.807) is 36.7 Å². The number of primary amides is 1. The van der Waals surface area contributed by atoms with Crippen LogP contribution >= 0.6 is 0 Å². The lowest BCUT2D eigenvalue weighted by molar-refractivity contribution is -0.119. The second kappa shape index (κ2) is 8.80. The average molecular weight is 434 g/mol. The van der Waals surface area contributed by atoms with E-state index in [9.17, 15) is 14.0 Å². The van der Waals surface area contributed by atoms with Gasteiger partial charge in [0.2, 0.25) is 5.91 Å². The molecule has 0 saturated heterocycles. The van der Waals surface area contributed by atoms with Gasteiger partial charge in [0.25, 0.3) is 5.91 Å². The highest BCUT2D eigenvalue weighted by Gasteiger charge is 2.35. The van der Waals surface area contributed by atoms with Gasteiger partial charge in [0, 0.05) is 24.5 Å². The van der Waals surface area contributed by atoms with Crippen molar-refractivity contribution in [2.24, 2.45) is 10.8 Å². The van der Waals surface area contributed by atoms with E-state index in [0.29, 0.717) is 17.1 Å². The fourth-order valence-electron chi connectivity index (χ4n) is 3.18. The van der Waals surface area contributed by atoms with Gasteiger partial charge in [-0.2, -0.15) is 5.10 Å². The molecule has 1 aromatic heterocycles. The maximum Gasteiger partial charge on any atom is 0.321 e. The molecule has 1 atom stereocenters. The fourth-order valence-corrected chi connectivity index (χ4v) is 3.18. The molecule has 0 fully saturated rings. The van der Waals surface area contributed by atoms with Gasteiger partial charge in [-0.05, 0) is 61.0 Å². The number of halogens is 1. The molecule has 1 unspecified atom stereocenters. The third-order valence-electron chi connectivity index (χ3n) is 4.79. The summed E-state index contributed by atoms with van der Waals surface area (Å²) in [5.41, 5.74) is 7.38. The van der Waals surface area contributed by atoms with Crippen molar-refractivity contribution in [3.8, 4) is 11.8 Å². The summed E-state index contributed by atoms with van der Waals surface area (Å²) >= 11 is 0. The fraction of sp³-hybridized carbons (Fsp3) is 0.136. The summed E-state index contributed by atoms with van der Waals surface area (Å²) in [5.74, 6) is -1.01. The van der Waals surface area contributed by atoms with E-state index < -0.39 is 23.7 Å². The molecule has 0 spiro atoms. The Balaban J connectivity index is 1.50. The van der Waals surface area contributed by atoms with Gasteiger partial charge in [-0.3, -0.25) is 14.6 Å². The Morgan fingerprint density at radius 3 is 2.53 bits per heavy atom. The number of nitrogens with one attached hydrogen (secondary N) is 1. The number of nitrogens with two attached hydrogens (primary N) is 1. The van der Waals surface area contributed by atoms with Crippen LogP contribution in [0.3, 0.4) is 0 Å². The predicted octanol–water partition coefficient (Wildman–Crippen LogP) is 2.78. The Kier molecular flexibility index (Phi) is 5.75. The Bertz CT molecular complexity index is 1180. The molecule has 32 heavy (non-hydrogen) atoms. The monoisotopic (exact) mass is 434 g/mol. The van der Waals surface area contributed by atoms with Crippen LogP contribution in [0, 0.1) is 12.7 Å². The van der Waals surface area contributed by atoms with Gasteiger partial charge in [-0.15, -0.1) is 0 Å². The lowest BCUT2D eigenvalue weighted by atomic mass is 10.1. The molecule has 162 valence electrons. The third-order valence-corrected chi connectivity index (χ3v) is 4.79. The van der Waals surface area contributed by atoms with Crippen LogP contribution in [-0.4, -0.2) is 33.5 Å². The smallest absolute Gasteiger partial charge is 0.321 e. The van der Waals surface area contributed by atoms with Crippen molar-refractivity contribution in [1.82, 2.24) is 9.97 Å². The van der Waals surface area contributed by atoms with E-state index in [2.05, 4.69) is 20.4 Å². The van der Waals surface area contributed by atoms with Gasteiger partial charge in [0.15, 0.2) is 0 Å². The Morgan fingerprint density at radius 1 is 1.16 bits per heavy atom. The number of carbonyl (C=O) groups is 2. The number of ether oxygens (including phenoxy) is 1. The summed E-state index contributed by atoms with van der Waals surface area (Å²) < 4.78 is 18.8. The third kappa shape index (κ3) is 4.53. The highest BCUT2D eigenvalue weighted by atomic mass is 19.1. The van der Waals surface area contributed by atoms with Gasteiger partial charge < -0.3 is 15.8 Å². The molecule has 0 aliphatic carbocycles. The molecular weight excluding hydrogens is 415 g/mol. The number of amides is 2. The molecule has 3 aromatic rings. The molecule has 9 nitrogen and oxygen atoms in total. The van der Waals surface area contributed by atoms with E-state index in [1.807, 2.05) is 6.92 Å². The molecule has 0 radical (unpaired) electrons. The maximum atomic E-state index is 13.2. The molecule has 3 N–H and O–H groups in total. The van der Waals surface area contributed by atoms with Gasteiger partial charge in [0.05, 0.1) is 5.69 Å². The number of rotatable bonds is 6. The quantitative estimate of drug-likeness (QED) is 0.615. The molecule has 0 bridgehead atoms. The summed E-state index contributed by atoms with van der Waals surface area (Å²) in [6.07, 6.45) is 3.17. The number of hydrogen-bond donors (Lipinski definition) is 2. The number of anilines is 2. The normalized spacial score (nSPS) is 15.2. The highest BCUT2D eigenvalue weighted by molar-refractivity contribution is 6.44. The lowest BCUT2D eigenvalue weighted by Gasteiger charge is -2.20. The minimum atomic E-state index is -0.844. The first kappa shape index (κ1) is 20.9. The molecule has 2 aromatic carbocycles. The SMILES string of the molecule is Cc1cc(Oc2ncccn2)ccc1NC(=O)C1=NN(c2ccc(F)cc2)C(C(N)=O)C1. The number of hydrogen-bond acceptors (Lipinski definition) is 7. The molecule has 1 aliphatic rings. The molecule has 0 saturated carbocycles. The predicted molar refractivity (Wildman–Crippen MR) is 116 cm³/mol. The molecule has 2 amide bonds. The van der Waals surface area contributed by atoms with Crippen LogP contribution in [0.1, 0.15) is 12.0 Å². The number of carbonyl (C=O) groups excluding carboxylic acids is 2. The summed E-state index contributed by atoms with van der Waals surface area (Å²) in [5, 5.41) is 8.39. The minimum absolute atomic E-state index is 0.0319. The minimum Gasteiger partial charge on any atom is -0.424 e. The highest BCUT2D eigenvalue weighted by Crippen LogP contribution is 2.27. The number of benzene rings is 2. The molecule has 4 rings (SSSR count). The average Bonchev–Trinajstić information content (AvgIpc) is 3.23. The van der Waals surface area contributed by atoms with E-state index in [0.717, 1.165) is 5.56 Å². The van der Waals surface area contributed by atoms with Crippen LogP contribution in [0.4, 0.5) is 15.8 Å². The van der Waals surface area contributed by atoms with Crippen molar-refractivity contribution in [1.29, 1.82) is 0 Å². The van der Waals surface area contributed by atoms with Crippen LogP contribution in [0.25, 0.3) is 0 Å². The van der Waals surface area contributed by atoms with Crippen molar-refractivity contribution < 1.29 is 18.7 Å². The second-order valence-electron chi connectivity index (χ2n) is 7.05. The molecule has 2 heterocycles. The van der Waals surface area contributed by atoms with Crippen LogP contribution in [0.15, 0.2) is 66.0 Å². The van der Waals surface area contributed by atoms with E-state index in [1.165, 1.54) is 29.3 Å². The zero-order valence-corrected chi connectivity index (χ0v) is 17.0. The van der Waals surface area contributed by atoms with Crippen LogP contribution in [0.5, 0.6) is 11.8 Å². The van der Waals surface area contributed by atoms with Gasteiger partial charge in [-0.1, -0.05) is 0 Å². The van der Waals surface area contributed by atoms with Crippen LogP contribution in [0.2, 0.25) is 0 Å². The Hall–Kier alpha value is -4.34. The van der Waals surface area contributed by atoms with Crippen molar-refractivity contribution in [2.45, 2.75) is 19.4 Å². The summed E-state index contributed by atoms with van der Waals surface area (Å²) in [4.78, 5) is 32.7. The van der Waals surface area contributed by atoms with Crippen molar-refractivity contribution in [3.63, 3.8) is 0 Å². The van der Waals surface area contributed by atoms with Crippen molar-refractivity contribution in [3.05, 3.63) is 72.3 Å². The first-order valence-electron chi connectivity index (χ1n) is 9.69. The van der Waals surface area contributed by atoms with Crippen molar-refractivity contribution >= 4 is 28.9 Å². The summed E-state index contributed by atoms with van der Waals surface area (Å²) in [6, 6.07) is 11.6. The Labute approximate surface area is 182 Å². The van der Waals surface area contributed by atoms with Gasteiger partial charge >= 0.3 is 6.01 Å². The maximum absolute atomic E-state index is 13.2. The number of aryl methyl sites for hydroxylation is 1. The van der Waals surface area contributed by atoms with Gasteiger partial charge in [0.1, 0.15) is 23.3 Å². The number of aromatic nitrogens is 2. The zero-order chi connectivity index (χ0) is 22.7. The molecule has 10 heteroatoms. The van der Waals surface area contributed by atoms with E-state index >= 15 is 0 Å². The summed E-state index contributed by atoms with van der Waals surface area (Å²) in [7, 11) is 0. The van der Waals surface area contributed by atoms with Crippen LogP contribution < -0.4 is 20.8 Å². The van der Waals surface area contributed by atoms with E-state index in [-0.39, 0.29) is 18.1 Å². The zero-order valence-electron chi connectivity index (χ0n) is 17.0. The molecule has 1 aliphatic heterocycles. The first-order valence-corrected chi connectivity index (χ1v) is 9.69. The van der Waals surface area contributed by atoms with E-state index in [4.69, 9.17) is 10.5 Å². The number of nitrogens with zero attached hydrogens (tertiary/aromatic N) is 4. The second-order valence-corrected chi connectivity index (χ2v) is 7.05. The van der Waals surface area contributed by atoms with Gasteiger partial charge in [-0.25, -0.2) is 14.4 Å². The molecular formula is C22H19FN6O3. The number of hydrazone groups is 1. The standard InChI is InChI=1S/C22H19FN6O3/c1-13-11-16(32-22-25-9-2-10-26-22)7-8-17(13)27-21(31)18-12-19(20(24)30)29(28-18)15-5-3-14(23)4-6-15/h2-11,19H,12H2,1H3,(H2,24,30)(H,27,31). The first-order chi connectivity index (χ1) is 15.4. The topological polar surface area (TPSA) is 123 Å². The van der Waals surface area contributed by atoms with Crippen molar-refractivity contribution in [2.75, 3.05) is 10.3 Å². The largest absolute Gasteiger partial charge is 0.424 e. The lowest BCUT2D eigenvalue weighted by Crippen LogP contribution is -2.39.